The van der Waals surface area contributed by atoms with Crippen LogP contribution in [0, 0.1) is 0 Å². The van der Waals surface area contributed by atoms with E-state index in [9.17, 15) is 21.6 Å². The minimum Gasteiger partial charge on any atom is -0.268 e. The van der Waals surface area contributed by atoms with E-state index in [1.807, 2.05) is 0 Å². The molecule has 0 unspecified atom stereocenters. The highest BCUT2D eigenvalue weighted by Crippen LogP contribution is 2.28. The second kappa shape index (κ2) is 5.36. The maximum absolute atomic E-state index is 13.1. The Morgan fingerprint density at radius 1 is 1.10 bits per heavy atom. The highest BCUT2D eigenvalue weighted by atomic mass is 32.2. The molecule has 0 bridgehead atoms. The fourth-order valence-electron chi connectivity index (χ4n) is 1.79. The van der Waals surface area contributed by atoms with E-state index in [4.69, 9.17) is 0 Å². The molecule has 0 radical (unpaired) electrons. The Balaban J connectivity index is 2.65. The van der Waals surface area contributed by atoms with Gasteiger partial charge in [0.15, 0.2) is 5.71 Å². The largest absolute Gasteiger partial charge is 0.437 e. The van der Waals surface area contributed by atoms with E-state index in [1.54, 1.807) is 24.3 Å². The number of benzene rings is 2. The van der Waals surface area contributed by atoms with Crippen molar-refractivity contribution in [1.29, 1.82) is 0 Å². The maximum atomic E-state index is 13.1. The minimum absolute atomic E-state index is 0.246. The van der Waals surface area contributed by atoms with Crippen LogP contribution >= 0.6 is 0 Å². The standard InChI is InChI=1S/C13H10F3NO3S/c1-21(18,19)20-17-12(13(14,15)16)11-8-4-6-9-5-2-3-7-10(9)11/h2-8H,1H3. The van der Waals surface area contributed by atoms with Gasteiger partial charge in [0.25, 0.3) is 0 Å². The summed E-state index contributed by atoms with van der Waals surface area (Å²) in [4.78, 5) is 0. The van der Waals surface area contributed by atoms with Crippen LogP contribution in [0.2, 0.25) is 0 Å². The molecular weight excluding hydrogens is 307 g/mol. The van der Waals surface area contributed by atoms with Gasteiger partial charge in [-0.05, 0) is 10.8 Å². The van der Waals surface area contributed by atoms with Crippen LogP contribution in [0.4, 0.5) is 13.2 Å². The third-order valence-corrected chi connectivity index (χ3v) is 2.92. The van der Waals surface area contributed by atoms with E-state index in [0.717, 1.165) is 0 Å². The first kappa shape index (κ1) is 15.3. The zero-order chi connectivity index (χ0) is 15.7. The van der Waals surface area contributed by atoms with Crippen molar-refractivity contribution in [3.05, 3.63) is 48.0 Å². The first-order valence-electron chi connectivity index (χ1n) is 5.70. The Morgan fingerprint density at radius 3 is 2.33 bits per heavy atom. The van der Waals surface area contributed by atoms with Crippen LogP contribution in [0.1, 0.15) is 5.56 Å². The van der Waals surface area contributed by atoms with Gasteiger partial charge in [0.1, 0.15) is 0 Å². The van der Waals surface area contributed by atoms with Crippen LogP contribution in [0.5, 0.6) is 0 Å². The summed E-state index contributed by atoms with van der Waals surface area (Å²) in [5.41, 5.74) is -1.64. The Bertz CT molecular complexity index is 792. The van der Waals surface area contributed by atoms with Gasteiger partial charge in [-0.1, -0.05) is 47.6 Å². The molecule has 0 spiro atoms. The van der Waals surface area contributed by atoms with Crippen molar-refractivity contribution in [3.8, 4) is 0 Å². The monoisotopic (exact) mass is 317 g/mol. The SMILES string of the molecule is CS(=O)(=O)ON=C(c1cccc2ccccc12)C(F)(F)F. The van der Waals surface area contributed by atoms with E-state index < -0.39 is 22.0 Å². The molecule has 0 amide bonds. The van der Waals surface area contributed by atoms with Crippen molar-refractivity contribution in [2.75, 3.05) is 6.26 Å². The number of nitrogens with zero attached hydrogens (tertiary/aromatic N) is 1. The summed E-state index contributed by atoms with van der Waals surface area (Å²) in [6.45, 7) is 0. The smallest absolute Gasteiger partial charge is 0.268 e. The van der Waals surface area contributed by atoms with Gasteiger partial charge in [-0.2, -0.15) is 21.6 Å². The first-order chi connectivity index (χ1) is 9.68. The number of hydrogen-bond donors (Lipinski definition) is 0. The molecule has 8 heteroatoms. The Morgan fingerprint density at radius 2 is 1.71 bits per heavy atom. The number of halogens is 3. The van der Waals surface area contributed by atoms with Gasteiger partial charge in [0, 0.05) is 5.56 Å². The van der Waals surface area contributed by atoms with E-state index in [0.29, 0.717) is 17.0 Å². The van der Waals surface area contributed by atoms with Crippen molar-refractivity contribution in [3.63, 3.8) is 0 Å². The van der Waals surface area contributed by atoms with Crippen molar-refractivity contribution >= 4 is 26.6 Å². The predicted molar refractivity (Wildman–Crippen MR) is 72.5 cm³/mol. The Labute approximate surface area is 119 Å². The molecule has 0 saturated heterocycles. The molecule has 4 nitrogen and oxygen atoms in total. The molecule has 0 fully saturated rings. The fourth-order valence-corrected chi connectivity index (χ4v) is 2.00. The topological polar surface area (TPSA) is 55.7 Å². The second-order valence-corrected chi connectivity index (χ2v) is 5.80. The summed E-state index contributed by atoms with van der Waals surface area (Å²) in [7, 11) is -4.13. The zero-order valence-electron chi connectivity index (χ0n) is 10.8. The minimum atomic E-state index is -4.85. The molecule has 0 aliphatic carbocycles. The lowest BCUT2D eigenvalue weighted by Gasteiger charge is -2.12. The molecule has 2 aromatic rings. The number of rotatable bonds is 3. The third kappa shape index (κ3) is 3.72. The Kier molecular flexibility index (Phi) is 3.91. The molecular formula is C13H10F3NO3S. The molecule has 2 aromatic carbocycles. The molecule has 112 valence electrons. The van der Waals surface area contributed by atoms with Gasteiger partial charge in [-0.15, -0.1) is 0 Å². The maximum Gasteiger partial charge on any atom is 0.437 e. The lowest BCUT2D eigenvalue weighted by Crippen LogP contribution is -2.25. The second-order valence-electron chi connectivity index (χ2n) is 4.24. The molecule has 2 rings (SSSR count). The van der Waals surface area contributed by atoms with Gasteiger partial charge in [-0.3, -0.25) is 4.28 Å². The van der Waals surface area contributed by atoms with Crippen LogP contribution in [-0.4, -0.2) is 26.6 Å². The lowest BCUT2D eigenvalue weighted by atomic mass is 10.0. The average Bonchev–Trinajstić information content (AvgIpc) is 2.36. The summed E-state index contributed by atoms with van der Waals surface area (Å²) in [5.74, 6) is 0. The highest BCUT2D eigenvalue weighted by molar-refractivity contribution is 7.85. The third-order valence-electron chi connectivity index (χ3n) is 2.58. The van der Waals surface area contributed by atoms with Crippen molar-refractivity contribution in [2.24, 2.45) is 5.16 Å². The van der Waals surface area contributed by atoms with Gasteiger partial charge < -0.3 is 0 Å². The van der Waals surface area contributed by atoms with Gasteiger partial charge >= 0.3 is 16.3 Å². The molecule has 0 heterocycles. The normalized spacial score (nSPS) is 13.4. The van der Waals surface area contributed by atoms with Crippen LogP contribution in [0.15, 0.2) is 47.6 Å². The lowest BCUT2D eigenvalue weighted by molar-refractivity contribution is -0.0596. The molecule has 21 heavy (non-hydrogen) atoms. The Hall–Kier alpha value is -2.09. The van der Waals surface area contributed by atoms with Gasteiger partial charge in [0.05, 0.1) is 6.26 Å². The van der Waals surface area contributed by atoms with Crippen LogP contribution in [0.25, 0.3) is 10.8 Å². The van der Waals surface area contributed by atoms with Crippen molar-refractivity contribution in [1.82, 2.24) is 0 Å². The fraction of sp³-hybridized carbons (Fsp3) is 0.154. The van der Waals surface area contributed by atoms with Crippen molar-refractivity contribution < 1.29 is 25.9 Å². The number of oxime groups is 1. The molecule has 0 aromatic heterocycles. The summed E-state index contributed by atoms with van der Waals surface area (Å²) in [6.07, 6.45) is -4.23. The molecule has 0 N–H and O–H groups in total. The highest BCUT2D eigenvalue weighted by Gasteiger charge is 2.39. The van der Waals surface area contributed by atoms with E-state index in [2.05, 4.69) is 9.44 Å². The van der Waals surface area contributed by atoms with E-state index in [-0.39, 0.29) is 5.56 Å². The molecule has 0 aliphatic heterocycles. The summed E-state index contributed by atoms with van der Waals surface area (Å²) in [5, 5.41) is 3.66. The molecule has 0 saturated carbocycles. The summed E-state index contributed by atoms with van der Waals surface area (Å²) >= 11 is 0. The van der Waals surface area contributed by atoms with Crippen molar-refractivity contribution in [2.45, 2.75) is 6.18 Å². The summed E-state index contributed by atoms with van der Waals surface area (Å²) < 4.78 is 65.0. The number of hydrogen-bond acceptors (Lipinski definition) is 4. The van der Waals surface area contributed by atoms with Crippen LogP contribution in [0.3, 0.4) is 0 Å². The van der Waals surface area contributed by atoms with E-state index in [1.165, 1.54) is 18.2 Å². The first-order valence-corrected chi connectivity index (χ1v) is 7.52. The van der Waals surface area contributed by atoms with Gasteiger partial charge in [-0.25, -0.2) is 0 Å². The molecule has 0 aliphatic rings. The quantitative estimate of drug-likeness (QED) is 0.646. The molecule has 0 atom stereocenters. The van der Waals surface area contributed by atoms with Crippen LogP contribution < -0.4 is 0 Å². The summed E-state index contributed by atoms with van der Waals surface area (Å²) in [6, 6.07) is 10.7. The average molecular weight is 317 g/mol. The zero-order valence-corrected chi connectivity index (χ0v) is 11.6. The number of alkyl halides is 3. The van der Waals surface area contributed by atoms with Crippen LogP contribution in [-0.2, 0) is 14.4 Å². The van der Waals surface area contributed by atoms with Gasteiger partial charge in [0.2, 0.25) is 0 Å². The number of fused-ring (bicyclic) bond motifs is 1. The van der Waals surface area contributed by atoms with E-state index >= 15 is 0 Å². The predicted octanol–water partition coefficient (Wildman–Crippen LogP) is 3.08.